The minimum Gasteiger partial charge on any atom is -0.206 e. The molecule has 0 aromatic heterocycles. The van der Waals surface area contributed by atoms with Gasteiger partial charge in [0, 0.05) is 5.30 Å². The molecule has 2 heteroatoms. The van der Waals surface area contributed by atoms with Gasteiger partial charge in [-0.15, -0.1) is 9.24 Å². The molecule has 0 saturated heterocycles. The van der Waals surface area contributed by atoms with Crippen molar-refractivity contribution in [3.63, 3.8) is 0 Å². The van der Waals surface area contributed by atoms with Gasteiger partial charge in [-0.3, -0.25) is 0 Å². The zero-order valence-corrected chi connectivity index (χ0v) is 10.5. The number of hydrogen-bond donors (Lipinski definition) is 0. The van der Waals surface area contributed by atoms with Crippen molar-refractivity contribution >= 4 is 14.5 Å². The van der Waals surface area contributed by atoms with Crippen LogP contribution in [0.1, 0.15) is 38.7 Å². The van der Waals surface area contributed by atoms with E-state index in [9.17, 15) is 4.39 Å². The van der Waals surface area contributed by atoms with Crippen molar-refractivity contribution < 1.29 is 4.39 Å². The van der Waals surface area contributed by atoms with Gasteiger partial charge < -0.3 is 0 Å². The first-order chi connectivity index (χ1) is 7.03. The smallest absolute Gasteiger partial charge is 0.130 e. The van der Waals surface area contributed by atoms with E-state index in [2.05, 4.69) is 23.1 Å². The third-order valence-electron chi connectivity index (χ3n) is 3.26. The van der Waals surface area contributed by atoms with Gasteiger partial charge in [0.25, 0.3) is 0 Å². The lowest BCUT2D eigenvalue weighted by molar-refractivity contribution is 0.486. The first-order valence-electron chi connectivity index (χ1n) is 5.59. The molecule has 2 rings (SSSR count). The Morgan fingerprint density at radius 3 is 2.53 bits per heavy atom. The van der Waals surface area contributed by atoms with E-state index in [0.717, 1.165) is 0 Å². The molecule has 1 aliphatic carbocycles. The minimum absolute atomic E-state index is 0.121. The molecule has 0 heterocycles. The largest absolute Gasteiger partial charge is 0.206 e. The lowest BCUT2D eigenvalue weighted by Crippen LogP contribution is -2.13. The lowest BCUT2D eigenvalue weighted by atomic mass is 9.87. The SMILES string of the molecule is CC(C)CC1(c2ccc(F)c(P)c2)CC1. The van der Waals surface area contributed by atoms with Gasteiger partial charge in [-0.25, -0.2) is 4.39 Å². The molecule has 0 nitrogen and oxygen atoms in total. The molecule has 1 aromatic rings. The molecule has 1 saturated carbocycles. The summed E-state index contributed by atoms with van der Waals surface area (Å²) in [5.41, 5.74) is 1.69. The van der Waals surface area contributed by atoms with Gasteiger partial charge in [-0.2, -0.15) is 0 Å². The molecular formula is C13H18FP. The third kappa shape index (κ3) is 2.23. The van der Waals surface area contributed by atoms with Crippen LogP contribution in [0.4, 0.5) is 4.39 Å². The molecule has 1 aliphatic rings. The lowest BCUT2D eigenvalue weighted by Gasteiger charge is -2.18. The molecule has 0 N–H and O–H groups in total. The van der Waals surface area contributed by atoms with E-state index < -0.39 is 0 Å². The number of rotatable bonds is 3. The van der Waals surface area contributed by atoms with Crippen molar-refractivity contribution in [2.75, 3.05) is 0 Å². The van der Waals surface area contributed by atoms with Crippen LogP contribution in [-0.2, 0) is 5.41 Å². The summed E-state index contributed by atoms with van der Waals surface area (Å²) in [6.45, 7) is 4.51. The fraction of sp³-hybridized carbons (Fsp3) is 0.538. The van der Waals surface area contributed by atoms with E-state index >= 15 is 0 Å². The Kier molecular flexibility index (Phi) is 2.85. The predicted molar refractivity (Wildman–Crippen MR) is 66.1 cm³/mol. The molecule has 0 bridgehead atoms. The molecule has 15 heavy (non-hydrogen) atoms. The first-order valence-corrected chi connectivity index (χ1v) is 6.17. The minimum atomic E-state index is -0.121. The Morgan fingerprint density at radius 1 is 1.40 bits per heavy atom. The van der Waals surface area contributed by atoms with Gasteiger partial charge in [-0.1, -0.05) is 19.9 Å². The van der Waals surface area contributed by atoms with Gasteiger partial charge >= 0.3 is 0 Å². The quantitative estimate of drug-likeness (QED) is 0.690. The predicted octanol–water partition coefficient (Wildman–Crippen LogP) is 3.40. The summed E-state index contributed by atoms with van der Waals surface area (Å²) in [6, 6.07) is 5.55. The van der Waals surface area contributed by atoms with E-state index in [1.54, 1.807) is 6.07 Å². The van der Waals surface area contributed by atoms with Crippen LogP contribution in [0.25, 0.3) is 0 Å². The highest BCUT2D eigenvalue weighted by atomic mass is 31.0. The van der Waals surface area contributed by atoms with E-state index in [1.165, 1.54) is 24.8 Å². The van der Waals surface area contributed by atoms with Crippen LogP contribution in [-0.4, -0.2) is 0 Å². The highest BCUT2D eigenvalue weighted by Gasteiger charge is 2.44. The van der Waals surface area contributed by atoms with Crippen LogP contribution in [0.15, 0.2) is 18.2 Å². The summed E-state index contributed by atoms with van der Waals surface area (Å²) in [7, 11) is 2.48. The third-order valence-corrected chi connectivity index (χ3v) is 3.70. The maximum Gasteiger partial charge on any atom is 0.130 e. The standard InChI is InChI=1S/C13H18FP/c1-9(2)8-13(5-6-13)10-3-4-11(14)12(15)7-10/h3-4,7,9H,5-6,8,15H2,1-2H3. The van der Waals surface area contributed by atoms with Gasteiger partial charge in [0.05, 0.1) is 0 Å². The first kappa shape index (κ1) is 11.1. The molecular weight excluding hydrogens is 206 g/mol. The molecule has 0 amide bonds. The van der Waals surface area contributed by atoms with Crippen LogP contribution in [0, 0.1) is 11.7 Å². The summed E-state index contributed by atoms with van der Waals surface area (Å²) in [4.78, 5) is 0. The zero-order valence-electron chi connectivity index (χ0n) is 9.39. The van der Waals surface area contributed by atoms with Crippen molar-refractivity contribution in [2.45, 2.75) is 38.5 Å². The van der Waals surface area contributed by atoms with Crippen molar-refractivity contribution in [2.24, 2.45) is 5.92 Å². The van der Waals surface area contributed by atoms with E-state index in [-0.39, 0.29) is 5.82 Å². The van der Waals surface area contributed by atoms with E-state index in [4.69, 9.17) is 0 Å². The Labute approximate surface area is 93.5 Å². The van der Waals surface area contributed by atoms with E-state index in [0.29, 0.717) is 16.6 Å². The van der Waals surface area contributed by atoms with Crippen LogP contribution in [0.2, 0.25) is 0 Å². The molecule has 1 aromatic carbocycles. The molecule has 1 unspecified atom stereocenters. The Balaban J connectivity index is 2.26. The molecule has 1 atom stereocenters. The Bertz CT molecular complexity index is 367. The number of halogens is 1. The van der Waals surface area contributed by atoms with Crippen LogP contribution in [0.3, 0.4) is 0 Å². The average molecular weight is 224 g/mol. The number of benzene rings is 1. The number of hydrogen-bond acceptors (Lipinski definition) is 0. The monoisotopic (exact) mass is 224 g/mol. The average Bonchev–Trinajstić information content (AvgIpc) is 2.89. The van der Waals surface area contributed by atoms with Gasteiger partial charge in [-0.05, 0) is 48.3 Å². The molecule has 0 radical (unpaired) electrons. The normalized spacial score (nSPS) is 18.2. The molecule has 82 valence electrons. The highest BCUT2D eigenvalue weighted by molar-refractivity contribution is 7.27. The molecule has 1 fully saturated rings. The van der Waals surface area contributed by atoms with Crippen molar-refractivity contribution in [3.8, 4) is 0 Å². The fourth-order valence-electron chi connectivity index (χ4n) is 2.42. The summed E-state index contributed by atoms with van der Waals surface area (Å²) in [5, 5.41) is 0.697. The Hall–Kier alpha value is -0.420. The van der Waals surface area contributed by atoms with Gasteiger partial charge in [0.15, 0.2) is 0 Å². The van der Waals surface area contributed by atoms with Gasteiger partial charge in [0.1, 0.15) is 5.82 Å². The summed E-state index contributed by atoms with van der Waals surface area (Å²) in [5.74, 6) is 0.592. The van der Waals surface area contributed by atoms with Crippen LogP contribution in [0.5, 0.6) is 0 Å². The second-order valence-electron chi connectivity index (χ2n) is 5.11. The van der Waals surface area contributed by atoms with Crippen LogP contribution >= 0.6 is 9.24 Å². The Morgan fingerprint density at radius 2 is 2.07 bits per heavy atom. The summed E-state index contributed by atoms with van der Waals surface area (Å²) in [6.07, 6.45) is 3.75. The maximum atomic E-state index is 13.1. The second kappa shape index (κ2) is 3.87. The highest BCUT2D eigenvalue weighted by Crippen LogP contribution is 2.52. The van der Waals surface area contributed by atoms with Crippen LogP contribution < -0.4 is 5.30 Å². The topological polar surface area (TPSA) is 0 Å². The fourth-order valence-corrected chi connectivity index (χ4v) is 2.69. The summed E-state index contributed by atoms with van der Waals surface area (Å²) >= 11 is 0. The van der Waals surface area contributed by atoms with Crippen molar-refractivity contribution in [3.05, 3.63) is 29.6 Å². The second-order valence-corrected chi connectivity index (χ2v) is 5.74. The maximum absolute atomic E-state index is 13.1. The van der Waals surface area contributed by atoms with Crippen molar-refractivity contribution in [1.82, 2.24) is 0 Å². The van der Waals surface area contributed by atoms with Gasteiger partial charge in [0.2, 0.25) is 0 Å². The van der Waals surface area contributed by atoms with Crippen molar-refractivity contribution in [1.29, 1.82) is 0 Å². The molecule has 0 spiro atoms. The zero-order chi connectivity index (χ0) is 11.1. The van der Waals surface area contributed by atoms with E-state index in [1.807, 2.05) is 12.1 Å². The summed E-state index contributed by atoms with van der Waals surface area (Å²) < 4.78 is 13.1. The molecule has 0 aliphatic heterocycles.